The lowest BCUT2D eigenvalue weighted by molar-refractivity contribution is 0.0394. The Bertz CT molecular complexity index is 665. The number of benzene rings is 1. The number of piperidine rings is 1. The van der Waals surface area contributed by atoms with E-state index in [0.29, 0.717) is 19.0 Å². The van der Waals surface area contributed by atoms with Crippen molar-refractivity contribution in [1.82, 2.24) is 13.5 Å². The fourth-order valence-corrected chi connectivity index (χ4v) is 5.29. The van der Waals surface area contributed by atoms with E-state index in [9.17, 15) is 13.5 Å². The number of aliphatic hydroxyl groups excluding tert-OH is 1. The van der Waals surface area contributed by atoms with Gasteiger partial charge < -0.3 is 5.11 Å². The van der Waals surface area contributed by atoms with E-state index in [-0.39, 0.29) is 12.0 Å². The van der Waals surface area contributed by atoms with Crippen LogP contribution >= 0.6 is 0 Å². The molecular formula is C17H27N3O3S. The van der Waals surface area contributed by atoms with Gasteiger partial charge in [0, 0.05) is 52.2 Å². The van der Waals surface area contributed by atoms with Crippen molar-refractivity contribution < 1.29 is 13.5 Å². The zero-order valence-electron chi connectivity index (χ0n) is 14.4. The number of fused-ring (bicyclic) bond motifs is 1. The molecule has 1 aromatic carbocycles. The van der Waals surface area contributed by atoms with E-state index >= 15 is 0 Å². The summed E-state index contributed by atoms with van der Waals surface area (Å²) in [6.45, 7) is 3.47. The van der Waals surface area contributed by atoms with Gasteiger partial charge in [-0.25, -0.2) is 0 Å². The highest BCUT2D eigenvalue weighted by Gasteiger charge is 2.51. The van der Waals surface area contributed by atoms with Crippen molar-refractivity contribution in [2.75, 3.05) is 46.9 Å². The van der Waals surface area contributed by atoms with Gasteiger partial charge in [0.05, 0.1) is 6.61 Å². The van der Waals surface area contributed by atoms with Gasteiger partial charge in [-0.05, 0) is 17.9 Å². The van der Waals surface area contributed by atoms with Gasteiger partial charge in [-0.2, -0.15) is 17.0 Å². The van der Waals surface area contributed by atoms with Gasteiger partial charge in [0.15, 0.2) is 0 Å². The predicted molar refractivity (Wildman–Crippen MR) is 93.5 cm³/mol. The molecule has 1 aromatic rings. The van der Waals surface area contributed by atoms with Gasteiger partial charge in [-0.15, -0.1) is 0 Å². The van der Waals surface area contributed by atoms with E-state index in [2.05, 4.69) is 17.0 Å². The molecule has 0 spiro atoms. The molecule has 2 aliphatic heterocycles. The first kappa shape index (κ1) is 17.8. The molecule has 1 N–H and O–H groups in total. The van der Waals surface area contributed by atoms with Crippen LogP contribution in [0.4, 0.5) is 0 Å². The minimum atomic E-state index is -3.43. The van der Waals surface area contributed by atoms with Crippen LogP contribution in [0.15, 0.2) is 30.3 Å². The Morgan fingerprint density at radius 2 is 1.96 bits per heavy atom. The summed E-state index contributed by atoms with van der Waals surface area (Å²) in [6, 6.07) is 10.3. The van der Waals surface area contributed by atoms with Gasteiger partial charge in [-0.1, -0.05) is 30.3 Å². The maximum Gasteiger partial charge on any atom is 0.281 e. The molecule has 7 heteroatoms. The zero-order valence-corrected chi connectivity index (χ0v) is 15.2. The summed E-state index contributed by atoms with van der Waals surface area (Å²) in [6.07, 6.45) is 0.804. The van der Waals surface area contributed by atoms with Crippen molar-refractivity contribution >= 4 is 10.2 Å². The van der Waals surface area contributed by atoms with Crippen molar-refractivity contribution in [3.63, 3.8) is 0 Å². The van der Waals surface area contributed by atoms with Gasteiger partial charge in [0.2, 0.25) is 0 Å². The van der Waals surface area contributed by atoms with E-state index < -0.39 is 10.2 Å². The van der Waals surface area contributed by atoms with E-state index in [4.69, 9.17) is 0 Å². The molecule has 24 heavy (non-hydrogen) atoms. The molecule has 0 aromatic heterocycles. The molecule has 0 amide bonds. The molecule has 2 aliphatic rings. The smallest absolute Gasteiger partial charge is 0.281 e. The van der Waals surface area contributed by atoms with Crippen LogP contribution in [0.2, 0.25) is 0 Å². The Morgan fingerprint density at radius 1 is 1.25 bits per heavy atom. The SMILES string of the molecule is CN(C)S(=O)(=O)N1CC[C@H]2CN(Cc3ccccc3)C[C@@]2(CO)C1. The van der Waals surface area contributed by atoms with Crippen LogP contribution < -0.4 is 0 Å². The largest absolute Gasteiger partial charge is 0.396 e. The average Bonchev–Trinajstić information content (AvgIpc) is 2.93. The maximum absolute atomic E-state index is 12.5. The lowest BCUT2D eigenvalue weighted by Gasteiger charge is -2.43. The summed E-state index contributed by atoms with van der Waals surface area (Å²) in [5.74, 6) is 0.347. The molecule has 2 saturated heterocycles. The van der Waals surface area contributed by atoms with E-state index in [1.807, 2.05) is 18.2 Å². The van der Waals surface area contributed by atoms with Crippen LogP contribution in [-0.2, 0) is 16.8 Å². The number of aliphatic hydroxyl groups is 1. The normalized spacial score (nSPS) is 29.1. The molecule has 2 fully saturated rings. The molecule has 0 radical (unpaired) electrons. The molecule has 134 valence electrons. The molecule has 0 bridgehead atoms. The van der Waals surface area contributed by atoms with Crippen molar-refractivity contribution in [3.05, 3.63) is 35.9 Å². The summed E-state index contributed by atoms with van der Waals surface area (Å²) in [5.41, 5.74) is 0.901. The standard InChI is InChI=1S/C17H27N3O3S/c1-18(2)24(22,23)20-9-8-16-11-19(12-17(16,13-20)14-21)10-15-6-4-3-5-7-15/h3-7,16,21H,8-14H2,1-2H3/t16-,17-/m0/s1. The Balaban J connectivity index is 1.75. The number of hydrogen-bond acceptors (Lipinski definition) is 4. The molecule has 6 nitrogen and oxygen atoms in total. The second-order valence-electron chi connectivity index (χ2n) is 7.29. The van der Waals surface area contributed by atoms with Crippen LogP contribution in [0.3, 0.4) is 0 Å². The maximum atomic E-state index is 12.5. The minimum Gasteiger partial charge on any atom is -0.396 e. The molecule has 3 rings (SSSR count). The van der Waals surface area contributed by atoms with Crippen LogP contribution in [0.25, 0.3) is 0 Å². The summed E-state index contributed by atoms with van der Waals surface area (Å²) >= 11 is 0. The third-order valence-corrected chi connectivity index (χ3v) is 7.34. The molecule has 2 heterocycles. The summed E-state index contributed by atoms with van der Waals surface area (Å²) in [7, 11) is -0.308. The first-order chi connectivity index (χ1) is 11.4. The average molecular weight is 353 g/mol. The number of hydrogen-bond donors (Lipinski definition) is 1. The van der Waals surface area contributed by atoms with E-state index in [1.54, 1.807) is 14.1 Å². The Hall–Kier alpha value is -0.990. The first-order valence-corrected chi connectivity index (χ1v) is 9.82. The topological polar surface area (TPSA) is 64.1 Å². The lowest BCUT2D eigenvalue weighted by Crippen LogP contribution is -2.54. The highest BCUT2D eigenvalue weighted by Crippen LogP contribution is 2.43. The fourth-order valence-electron chi connectivity index (χ4n) is 4.07. The van der Waals surface area contributed by atoms with Gasteiger partial charge >= 0.3 is 0 Å². The Morgan fingerprint density at radius 3 is 2.58 bits per heavy atom. The molecule has 0 unspecified atom stereocenters. The highest BCUT2D eigenvalue weighted by molar-refractivity contribution is 7.86. The monoisotopic (exact) mass is 353 g/mol. The van der Waals surface area contributed by atoms with Crippen molar-refractivity contribution in [3.8, 4) is 0 Å². The first-order valence-electron chi connectivity index (χ1n) is 8.42. The van der Waals surface area contributed by atoms with Crippen LogP contribution in [0.5, 0.6) is 0 Å². The lowest BCUT2D eigenvalue weighted by atomic mass is 9.75. The number of rotatable bonds is 5. The minimum absolute atomic E-state index is 0.0302. The third kappa shape index (κ3) is 3.23. The third-order valence-electron chi connectivity index (χ3n) is 5.45. The molecular weight excluding hydrogens is 326 g/mol. The summed E-state index contributed by atoms with van der Waals surface area (Å²) in [4.78, 5) is 2.35. The Labute approximate surface area is 144 Å². The summed E-state index contributed by atoms with van der Waals surface area (Å²) in [5, 5.41) is 10.1. The Kier molecular flexibility index (Phi) is 4.99. The molecule has 0 aliphatic carbocycles. The van der Waals surface area contributed by atoms with Gasteiger partial charge in [0.25, 0.3) is 10.2 Å². The quantitative estimate of drug-likeness (QED) is 0.842. The number of likely N-dealkylation sites (tertiary alicyclic amines) is 1. The van der Waals surface area contributed by atoms with E-state index in [0.717, 1.165) is 26.1 Å². The second-order valence-corrected chi connectivity index (χ2v) is 9.43. The van der Waals surface area contributed by atoms with Crippen molar-refractivity contribution in [2.45, 2.75) is 13.0 Å². The molecule has 0 saturated carbocycles. The zero-order chi connectivity index (χ0) is 17.4. The fraction of sp³-hybridized carbons (Fsp3) is 0.647. The van der Waals surface area contributed by atoms with Gasteiger partial charge in [0.1, 0.15) is 0 Å². The molecule has 2 atom stereocenters. The van der Waals surface area contributed by atoms with Crippen molar-refractivity contribution in [1.29, 1.82) is 0 Å². The van der Waals surface area contributed by atoms with Crippen LogP contribution in [0.1, 0.15) is 12.0 Å². The van der Waals surface area contributed by atoms with E-state index in [1.165, 1.54) is 14.2 Å². The number of nitrogens with zero attached hydrogens (tertiary/aromatic N) is 3. The van der Waals surface area contributed by atoms with Crippen LogP contribution in [0, 0.1) is 11.3 Å². The highest BCUT2D eigenvalue weighted by atomic mass is 32.2. The summed E-state index contributed by atoms with van der Waals surface area (Å²) < 4.78 is 27.7. The predicted octanol–water partition coefficient (Wildman–Crippen LogP) is 0.609. The van der Waals surface area contributed by atoms with Crippen LogP contribution in [-0.4, -0.2) is 73.9 Å². The van der Waals surface area contributed by atoms with Crippen molar-refractivity contribution in [2.24, 2.45) is 11.3 Å². The van der Waals surface area contributed by atoms with Gasteiger partial charge in [-0.3, -0.25) is 4.90 Å². The second kappa shape index (κ2) is 6.72.